The molecule has 0 bridgehead atoms. The lowest BCUT2D eigenvalue weighted by Crippen LogP contribution is -2.51. The van der Waals surface area contributed by atoms with Crippen molar-refractivity contribution >= 4 is 29.2 Å². The topological polar surface area (TPSA) is 199 Å². The van der Waals surface area contributed by atoms with Gasteiger partial charge in [-0.05, 0) is 140 Å². The van der Waals surface area contributed by atoms with Gasteiger partial charge in [0.1, 0.15) is 6.61 Å². The Hall–Kier alpha value is -5.92. The summed E-state index contributed by atoms with van der Waals surface area (Å²) in [7, 11) is 0. The molecule has 1 aromatic rings. The van der Waals surface area contributed by atoms with Crippen molar-refractivity contribution < 1.29 is 169 Å². The van der Waals surface area contributed by atoms with Crippen molar-refractivity contribution in [3.8, 4) is 0 Å². The van der Waals surface area contributed by atoms with E-state index < -0.39 is 185 Å². The van der Waals surface area contributed by atoms with Crippen molar-refractivity contribution in [2.75, 3.05) is 6.61 Å². The number of ether oxygens (including phenoxy) is 1. The Morgan fingerprint density at radius 3 is 0.930 bits per heavy atom. The van der Waals surface area contributed by atoms with E-state index in [4.69, 9.17) is 15.3 Å². The summed E-state index contributed by atoms with van der Waals surface area (Å²) in [5.41, 5.74) is -22.1. The summed E-state index contributed by atoms with van der Waals surface area (Å²) in [6.45, 7) is 22.4. The van der Waals surface area contributed by atoms with Crippen LogP contribution in [0.25, 0.3) is 6.08 Å². The van der Waals surface area contributed by atoms with Crippen LogP contribution in [-0.4, -0.2) is 138 Å². The second-order valence-corrected chi connectivity index (χ2v) is 25.1. The molecule has 1 aromatic carbocycles. The second kappa shape index (κ2) is 36.0. The SMILES string of the molecule is C=C(F)C(=O)CC(C)(C1CCC(C(C)(O)C(F)(F)F)CC1)C(F)(F)F.C=C(F)C(=O)CC(C)(O)C(F)(F)F.C=CC(=O)CC(C)(C1CCC(C(C)(O)C(F)(F)F)CC1)C(F)(F)F.C=CC(=O)CC(C)(O)C(F)(F)F.C=COCC(C)(O)C(F)(F)F.C=Cc1ccc(C(C)(O)C(F)(F)F)cc1. The Balaban J connectivity index is -0.00000116. The van der Waals surface area contributed by atoms with Crippen LogP contribution < -0.4 is 0 Å². The van der Waals surface area contributed by atoms with Gasteiger partial charge >= 0.3 is 49.4 Å². The highest BCUT2D eigenvalue weighted by molar-refractivity contribution is 5.93. The number of carbonyl (C=O) groups excluding carboxylic acids is 4. The standard InChI is InChI=1S/C16H21F7O2.C16H22F6O2.C11H11F3O.C7H8F4O2.C7H9F3O2.C6H9F3O2/c1-9(17)12(24)8-13(2,15(18,19)20)10-4-6-11(7-5-10)14(3,25)16(21,22)23;1-4-12(23)9-13(2,15(17,18)19)10-5-7-11(8-6-10)14(3,24)16(20,21)22;1-3-8-4-6-9(7-5-8)10(2,15)11(12,13)14;1-4(8)5(12)3-6(2,13)7(9,10)11;1-3-5(11)4-6(2,12)7(8,9)10;1-3-11-4-5(2,10)6(7,8)9/h10-11,25H,1,4-8H2,2-3H3;4,10-11,24H,1,5-9H2,2-3H3;3-7,15H,1H2,2H3;13H,1,3H2,2H3;3,12H,1,4H2,2H3;3,10H,1,4H2,2H3. The molecule has 0 aliphatic heterocycles. The highest BCUT2D eigenvalue weighted by Gasteiger charge is 2.62. The predicted molar refractivity (Wildman–Crippen MR) is 310 cm³/mol. The number of Topliss-reactive ketones (excluding diaryl/α,β-unsaturated/α-hetero) is 2. The highest BCUT2D eigenvalue weighted by Crippen LogP contribution is 2.56. The number of ketones is 4. The van der Waals surface area contributed by atoms with Gasteiger partial charge in [-0.2, -0.15) is 105 Å². The fourth-order valence-corrected chi connectivity index (χ4v) is 9.29. The fourth-order valence-electron chi connectivity index (χ4n) is 9.29. The smallest absolute Gasteiger partial charge is 0.421 e. The average Bonchev–Trinajstić information content (AvgIpc) is 0.769. The van der Waals surface area contributed by atoms with Crippen LogP contribution in [0.2, 0.25) is 0 Å². The molecule has 0 saturated heterocycles. The van der Waals surface area contributed by atoms with Crippen molar-refractivity contribution in [3.63, 3.8) is 0 Å². The normalized spacial score (nSPS) is 21.9. The van der Waals surface area contributed by atoms with Crippen molar-refractivity contribution in [3.05, 3.63) is 105 Å². The fraction of sp³-hybridized carbons (Fsp3) is 0.651. The van der Waals surface area contributed by atoms with E-state index in [1.54, 1.807) is 0 Å². The van der Waals surface area contributed by atoms with Gasteiger partial charge in [0.2, 0.25) is 0 Å². The van der Waals surface area contributed by atoms with E-state index in [9.17, 15) is 149 Å². The highest BCUT2D eigenvalue weighted by atomic mass is 19.4. The summed E-state index contributed by atoms with van der Waals surface area (Å²) in [6.07, 6.45) is -40.3. The van der Waals surface area contributed by atoms with E-state index in [0.717, 1.165) is 39.2 Å². The molecule has 0 aromatic heterocycles. The molecule has 8 unspecified atom stereocenters. The van der Waals surface area contributed by atoms with E-state index in [1.165, 1.54) is 30.3 Å². The molecule has 100 heavy (non-hydrogen) atoms. The van der Waals surface area contributed by atoms with Gasteiger partial charge < -0.3 is 35.4 Å². The van der Waals surface area contributed by atoms with Crippen molar-refractivity contribution in [2.45, 2.75) is 215 Å². The number of allylic oxidation sites excluding steroid dienone is 4. The molecule has 2 aliphatic carbocycles. The van der Waals surface area contributed by atoms with E-state index in [1.807, 2.05) is 0 Å². The molecule has 0 spiro atoms. The number of rotatable bonds is 21. The zero-order chi connectivity index (χ0) is 80.5. The molecule has 3 rings (SSSR count). The zero-order valence-corrected chi connectivity index (χ0v) is 54.9. The molecule has 6 N–H and O–H groups in total. The first-order valence-corrected chi connectivity index (χ1v) is 29.0. The van der Waals surface area contributed by atoms with Gasteiger partial charge in [0.15, 0.2) is 68.4 Å². The molecule has 2 aliphatic rings. The van der Waals surface area contributed by atoms with Crippen molar-refractivity contribution in [1.29, 1.82) is 0 Å². The Labute approximate surface area is 558 Å². The minimum absolute atomic E-state index is 0.128. The number of hydrogen-bond acceptors (Lipinski definition) is 11. The number of benzene rings is 1. The molecule has 2 fully saturated rings. The van der Waals surface area contributed by atoms with Crippen molar-refractivity contribution in [1.82, 2.24) is 0 Å². The van der Waals surface area contributed by atoms with Gasteiger partial charge in [0.05, 0.1) is 23.5 Å². The molecule has 0 amide bonds. The predicted octanol–water partition coefficient (Wildman–Crippen LogP) is 17.7. The molecular weight excluding hydrogens is 1430 g/mol. The maximum atomic E-state index is 13.5. The molecular formula is C63H80F26O11. The number of hydrogen-bond donors (Lipinski definition) is 6. The van der Waals surface area contributed by atoms with Crippen LogP contribution in [0.4, 0.5) is 114 Å². The summed E-state index contributed by atoms with van der Waals surface area (Å²) in [4.78, 5) is 43.9. The quantitative estimate of drug-likeness (QED) is 0.0389. The monoisotopic (exact) mass is 1510 g/mol. The van der Waals surface area contributed by atoms with Gasteiger partial charge in [0, 0.05) is 19.3 Å². The van der Waals surface area contributed by atoms with Gasteiger partial charge in [-0.3, -0.25) is 19.2 Å². The third-order valence-corrected chi connectivity index (χ3v) is 17.0. The number of aliphatic hydroxyl groups is 6. The van der Waals surface area contributed by atoms with Crippen LogP contribution in [0.15, 0.2) is 93.8 Å². The summed E-state index contributed by atoms with van der Waals surface area (Å²) in [6, 6.07) is 5.43. The third kappa shape index (κ3) is 28.0. The Kier molecular flexibility index (Phi) is 35.4. The Morgan fingerprint density at radius 2 is 0.680 bits per heavy atom. The van der Waals surface area contributed by atoms with E-state index in [0.29, 0.717) is 40.2 Å². The van der Waals surface area contributed by atoms with Crippen LogP contribution in [0.3, 0.4) is 0 Å². The Morgan fingerprint density at radius 1 is 0.400 bits per heavy atom. The van der Waals surface area contributed by atoms with E-state index in [2.05, 4.69) is 44.2 Å². The molecule has 37 heteroatoms. The second-order valence-electron chi connectivity index (χ2n) is 25.1. The van der Waals surface area contributed by atoms with Gasteiger partial charge in [-0.25, -0.2) is 8.78 Å². The van der Waals surface area contributed by atoms with E-state index in [-0.39, 0.29) is 56.9 Å². The van der Waals surface area contributed by atoms with Crippen LogP contribution >= 0.6 is 0 Å². The lowest BCUT2D eigenvalue weighted by atomic mass is 9.63. The minimum Gasteiger partial charge on any atom is -0.498 e. The lowest BCUT2D eigenvalue weighted by Gasteiger charge is -2.45. The first-order chi connectivity index (χ1) is 44.1. The van der Waals surface area contributed by atoms with Gasteiger partial charge in [0.25, 0.3) is 0 Å². The minimum atomic E-state index is -4.96. The summed E-state index contributed by atoms with van der Waals surface area (Å²) in [5, 5.41) is 54.9. The van der Waals surface area contributed by atoms with Crippen LogP contribution in [0, 0.1) is 34.5 Å². The van der Waals surface area contributed by atoms with Gasteiger partial charge in [-0.1, -0.05) is 83.7 Å². The largest absolute Gasteiger partial charge is 0.498 e. The number of carbonyl (C=O) groups is 4. The number of halogens is 26. The number of alkyl halides is 24. The van der Waals surface area contributed by atoms with Crippen LogP contribution in [-0.2, 0) is 29.5 Å². The van der Waals surface area contributed by atoms with Crippen molar-refractivity contribution in [2.24, 2.45) is 34.5 Å². The maximum absolute atomic E-state index is 13.5. The summed E-state index contributed by atoms with van der Waals surface area (Å²) in [5.74, 6) is -11.9. The summed E-state index contributed by atoms with van der Waals surface area (Å²) < 4.78 is 331. The summed E-state index contributed by atoms with van der Waals surface area (Å²) >= 11 is 0. The first-order valence-electron chi connectivity index (χ1n) is 29.0. The molecule has 0 heterocycles. The van der Waals surface area contributed by atoms with E-state index >= 15 is 0 Å². The zero-order valence-electron chi connectivity index (χ0n) is 54.9. The van der Waals surface area contributed by atoms with Crippen LogP contribution in [0.1, 0.15) is 144 Å². The Bertz CT molecular complexity index is 2850. The molecule has 11 nitrogen and oxygen atoms in total. The van der Waals surface area contributed by atoms with Crippen LogP contribution in [0.5, 0.6) is 0 Å². The lowest BCUT2D eigenvalue weighted by molar-refractivity contribution is -0.280. The molecule has 0 radical (unpaired) electrons. The van der Waals surface area contributed by atoms with Gasteiger partial charge in [-0.15, -0.1) is 0 Å². The molecule has 8 atom stereocenters. The third-order valence-electron chi connectivity index (χ3n) is 17.0. The first kappa shape index (κ1) is 98.3. The molecule has 580 valence electrons. The maximum Gasteiger partial charge on any atom is 0.421 e. The average molecular weight is 1510 g/mol. The molecule has 2 saturated carbocycles.